The average molecular weight is 971 g/mol. The van der Waals surface area contributed by atoms with Gasteiger partial charge in [0.05, 0.1) is 16.4 Å². The van der Waals surface area contributed by atoms with Gasteiger partial charge in [-0.25, -0.2) is 15.0 Å². The third-order valence-corrected chi connectivity index (χ3v) is 15.8. The van der Waals surface area contributed by atoms with Gasteiger partial charge < -0.3 is 14.0 Å². The maximum atomic E-state index is 6.96. The lowest BCUT2D eigenvalue weighted by Crippen LogP contribution is -2.27. The summed E-state index contributed by atoms with van der Waals surface area (Å²) in [5, 5.41) is 2.40. The topological polar surface area (TPSA) is 62.1 Å². The smallest absolute Gasteiger partial charge is 0.175 e. The maximum Gasteiger partial charge on any atom is 0.175 e. The zero-order valence-electron chi connectivity index (χ0n) is 40.9. The van der Waals surface area contributed by atoms with Crippen molar-refractivity contribution in [2.75, 3.05) is 0 Å². The Balaban J connectivity index is 0.771. The predicted molar refractivity (Wildman–Crippen MR) is 304 cm³/mol. The van der Waals surface area contributed by atoms with E-state index in [1.807, 2.05) is 84.9 Å². The van der Waals surface area contributed by atoms with Crippen molar-refractivity contribution in [3.8, 4) is 107 Å². The van der Waals surface area contributed by atoms with Gasteiger partial charge in [0.1, 0.15) is 0 Å². The molecule has 6 heteroatoms. The van der Waals surface area contributed by atoms with E-state index < -0.39 is 5.41 Å². The Morgan fingerprint density at radius 3 is 1.45 bits per heavy atom. The van der Waals surface area contributed by atoms with Crippen molar-refractivity contribution >= 4 is 21.8 Å². The second-order valence-corrected chi connectivity index (χ2v) is 19.8. The molecule has 1 spiro atoms. The van der Waals surface area contributed by atoms with E-state index in [1.54, 1.807) is 0 Å². The summed E-state index contributed by atoms with van der Waals surface area (Å²) < 4.78 is 16.0. The van der Waals surface area contributed by atoms with Gasteiger partial charge in [0.15, 0.2) is 40.5 Å². The van der Waals surface area contributed by atoms with Crippen LogP contribution in [0.1, 0.15) is 22.3 Å². The summed E-state index contributed by atoms with van der Waals surface area (Å²) >= 11 is 0. The molecule has 16 rings (SSSR count). The molecule has 0 bridgehead atoms. The Hall–Kier alpha value is -10.2. The predicted octanol–water partition coefficient (Wildman–Crippen LogP) is 17.5. The fourth-order valence-electron chi connectivity index (χ4n) is 12.4. The summed E-state index contributed by atoms with van der Waals surface area (Å²) in [5.74, 6) is 4.87. The monoisotopic (exact) mass is 970 g/mol. The molecule has 3 heterocycles. The molecule has 2 aliphatic carbocycles. The van der Waals surface area contributed by atoms with Gasteiger partial charge in [0, 0.05) is 38.7 Å². The van der Waals surface area contributed by atoms with Crippen LogP contribution in [0.2, 0.25) is 0 Å². The van der Waals surface area contributed by atoms with Crippen molar-refractivity contribution in [1.82, 2.24) is 19.5 Å². The molecule has 13 aromatic rings. The van der Waals surface area contributed by atoms with Crippen molar-refractivity contribution < 1.29 is 9.47 Å². The lowest BCUT2D eigenvalue weighted by Gasteiger charge is -2.33. The van der Waals surface area contributed by atoms with E-state index in [0.717, 1.165) is 89.8 Å². The fraction of sp³-hybridized carbons (Fsp3) is 0.0143. The highest BCUT2D eigenvalue weighted by Gasteiger charge is 2.54. The van der Waals surface area contributed by atoms with Crippen molar-refractivity contribution in [2.45, 2.75) is 5.41 Å². The number of ether oxygens (including phenoxy) is 2. The Morgan fingerprint density at radius 2 is 0.776 bits per heavy atom. The molecule has 11 aromatic carbocycles. The molecule has 0 radical (unpaired) electrons. The number of hydrogen-bond donors (Lipinski definition) is 0. The summed E-state index contributed by atoms with van der Waals surface area (Å²) in [4.78, 5) is 14.8. The van der Waals surface area contributed by atoms with Crippen LogP contribution in [0.15, 0.2) is 255 Å². The van der Waals surface area contributed by atoms with Crippen molar-refractivity contribution in [1.29, 1.82) is 0 Å². The Kier molecular flexibility index (Phi) is 9.15. The van der Waals surface area contributed by atoms with Gasteiger partial charge in [-0.1, -0.05) is 200 Å². The van der Waals surface area contributed by atoms with E-state index in [4.69, 9.17) is 24.4 Å². The van der Waals surface area contributed by atoms with Crippen LogP contribution < -0.4 is 9.47 Å². The number of benzene rings is 11. The first-order valence-corrected chi connectivity index (χ1v) is 25.7. The minimum Gasteiger partial charge on any atom is -0.450 e. The van der Waals surface area contributed by atoms with Gasteiger partial charge in [0.25, 0.3) is 0 Å². The van der Waals surface area contributed by atoms with Crippen LogP contribution in [0.5, 0.6) is 23.0 Å². The molecule has 6 nitrogen and oxygen atoms in total. The summed E-state index contributed by atoms with van der Waals surface area (Å²) in [6.07, 6.45) is 0. The molecule has 76 heavy (non-hydrogen) atoms. The van der Waals surface area contributed by atoms with Crippen LogP contribution >= 0.6 is 0 Å². The summed E-state index contributed by atoms with van der Waals surface area (Å²) in [7, 11) is 0. The number of nitrogens with zero attached hydrogens (tertiary/aromatic N) is 4. The summed E-state index contributed by atoms with van der Waals surface area (Å²) in [6.45, 7) is 0. The molecular weight excluding hydrogens is 929 g/mol. The molecule has 1 aliphatic heterocycles. The summed E-state index contributed by atoms with van der Waals surface area (Å²) in [5.41, 5.74) is 19.8. The van der Waals surface area contributed by atoms with Crippen LogP contribution in [-0.2, 0) is 5.41 Å². The Morgan fingerprint density at radius 1 is 0.303 bits per heavy atom. The molecule has 0 fully saturated rings. The highest BCUT2D eigenvalue weighted by molar-refractivity contribution is 6.11. The minimum absolute atomic E-state index is 0.635. The molecule has 2 aromatic heterocycles. The number of para-hydroxylation sites is 3. The molecule has 0 N–H and O–H groups in total. The SMILES string of the molecule is c1ccc(-c2nc(-c3ccccc3)nc(-c3ccc(-c4ccc(-n5c6ccccc6c6cc(-c7ccc8c(c7)C7(c9ccccc9-c9ccccc97)c7c-8ccc8c7Oc7ccccc7O8)ccc65)cc4)cc3)n2)cc1. The normalized spacial score (nSPS) is 13.1. The molecule has 0 atom stereocenters. The minimum atomic E-state index is -0.642. The number of aromatic nitrogens is 4. The van der Waals surface area contributed by atoms with Crippen LogP contribution in [0.25, 0.3) is 106 Å². The van der Waals surface area contributed by atoms with Gasteiger partial charge in [-0.2, -0.15) is 0 Å². The van der Waals surface area contributed by atoms with Gasteiger partial charge in [-0.15, -0.1) is 0 Å². The second-order valence-electron chi connectivity index (χ2n) is 19.8. The van der Waals surface area contributed by atoms with Crippen LogP contribution in [-0.4, -0.2) is 19.5 Å². The van der Waals surface area contributed by atoms with E-state index in [2.05, 4.69) is 174 Å². The molecule has 0 amide bonds. The van der Waals surface area contributed by atoms with Crippen molar-refractivity contribution in [3.63, 3.8) is 0 Å². The van der Waals surface area contributed by atoms with Crippen molar-refractivity contribution in [2.24, 2.45) is 0 Å². The zero-order chi connectivity index (χ0) is 49.9. The molecule has 0 unspecified atom stereocenters. The number of rotatable bonds is 6. The summed E-state index contributed by atoms with van der Waals surface area (Å²) in [6, 6.07) is 90.4. The Bertz CT molecular complexity index is 4400. The highest BCUT2D eigenvalue weighted by atomic mass is 16.6. The average Bonchev–Trinajstić information content (AvgIpc) is 4.32. The second kappa shape index (κ2) is 16.4. The molecule has 3 aliphatic rings. The number of fused-ring (bicyclic) bond motifs is 16. The Labute approximate surface area is 438 Å². The van der Waals surface area contributed by atoms with E-state index in [9.17, 15) is 0 Å². The molecule has 354 valence electrons. The zero-order valence-corrected chi connectivity index (χ0v) is 40.9. The van der Waals surface area contributed by atoms with Crippen LogP contribution in [0.3, 0.4) is 0 Å². The van der Waals surface area contributed by atoms with Gasteiger partial charge in [-0.05, 0) is 116 Å². The largest absolute Gasteiger partial charge is 0.450 e. The van der Waals surface area contributed by atoms with E-state index in [-0.39, 0.29) is 0 Å². The van der Waals surface area contributed by atoms with E-state index >= 15 is 0 Å². The molecule has 0 saturated carbocycles. The quantitative estimate of drug-likeness (QED) is 0.166. The van der Waals surface area contributed by atoms with Gasteiger partial charge in [0.2, 0.25) is 0 Å². The first kappa shape index (κ1) is 42.3. The first-order valence-electron chi connectivity index (χ1n) is 25.7. The lowest BCUT2D eigenvalue weighted by atomic mass is 9.70. The standard InChI is InChI=1S/C70H42N4O2/c1-3-15-45(16-4-1)67-71-68(46-17-5-2-6-18-46)73-69(72-67)47-29-27-43(28-30-47)44-31-35-50(36-32-44)74-60-24-12-9-21-54(60)56-41-48(34-39-61(56)74)49-33-37-53-55-38-40-64-66(76-63-26-14-13-25-62(63)75-64)65(55)70(59(53)42-49)57-22-10-7-19-51(57)52-20-8-11-23-58(52)70/h1-42H. The third kappa shape index (κ3) is 6.25. The third-order valence-electron chi connectivity index (χ3n) is 15.8. The first-order chi connectivity index (χ1) is 37.7. The molecular formula is C70H42N4O2. The van der Waals surface area contributed by atoms with Gasteiger partial charge in [-0.3, -0.25) is 0 Å². The fourth-order valence-corrected chi connectivity index (χ4v) is 12.4. The number of hydrogen-bond acceptors (Lipinski definition) is 5. The van der Waals surface area contributed by atoms with Crippen molar-refractivity contribution in [3.05, 3.63) is 277 Å². The van der Waals surface area contributed by atoms with Gasteiger partial charge >= 0.3 is 0 Å². The van der Waals surface area contributed by atoms with E-state index in [1.165, 1.54) is 44.2 Å². The lowest BCUT2D eigenvalue weighted by molar-refractivity contribution is 0.354. The van der Waals surface area contributed by atoms with E-state index in [0.29, 0.717) is 17.5 Å². The highest BCUT2D eigenvalue weighted by Crippen LogP contribution is 2.67. The van der Waals surface area contributed by atoms with Crippen LogP contribution in [0, 0.1) is 0 Å². The maximum absolute atomic E-state index is 6.96. The molecule has 0 saturated heterocycles. The van der Waals surface area contributed by atoms with Crippen LogP contribution in [0.4, 0.5) is 0 Å².